The summed E-state index contributed by atoms with van der Waals surface area (Å²) < 4.78 is 10.6. The highest BCUT2D eigenvalue weighted by molar-refractivity contribution is 7.10. The normalized spacial score (nSPS) is 16.3. The van der Waals surface area contributed by atoms with Gasteiger partial charge in [0.15, 0.2) is 6.29 Å². The van der Waals surface area contributed by atoms with E-state index < -0.39 is 6.29 Å². The van der Waals surface area contributed by atoms with Crippen molar-refractivity contribution in [3.63, 3.8) is 0 Å². The molecule has 1 unspecified atom stereocenters. The zero-order valence-corrected chi connectivity index (χ0v) is 15.7. The highest BCUT2D eigenvalue weighted by atomic mass is 32.1. The Kier molecular flexibility index (Phi) is 4.69. The largest absolute Gasteiger partial charge is 0.508 e. The van der Waals surface area contributed by atoms with Gasteiger partial charge in [0.1, 0.15) is 11.4 Å². The number of aromatic hydroxyl groups is 1. The van der Waals surface area contributed by atoms with E-state index in [4.69, 9.17) is 9.47 Å². The van der Waals surface area contributed by atoms with Gasteiger partial charge >= 0.3 is 0 Å². The smallest absolute Gasteiger partial charge is 0.273 e. The highest BCUT2D eigenvalue weighted by Gasteiger charge is 2.43. The van der Waals surface area contributed by atoms with Gasteiger partial charge in [-0.25, -0.2) is 0 Å². The third kappa shape index (κ3) is 3.01. The number of amides is 1. The number of rotatable bonds is 6. The van der Waals surface area contributed by atoms with Crippen molar-refractivity contribution < 1.29 is 19.4 Å². The molecule has 1 aromatic carbocycles. The zero-order chi connectivity index (χ0) is 19.0. The first-order chi connectivity index (χ1) is 13.1. The number of nitrogens with zero attached hydrogens (tertiary/aromatic N) is 2. The van der Waals surface area contributed by atoms with Crippen molar-refractivity contribution in [2.24, 2.45) is 0 Å². The summed E-state index contributed by atoms with van der Waals surface area (Å²) >= 11 is 1.58. The van der Waals surface area contributed by atoms with E-state index in [0.717, 1.165) is 16.0 Å². The summed E-state index contributed by atoms with van der Waals surface area (Å²) in [5.41, 5.74) is 2.84. The summed E-state index contributed by atoms with van der Waals surface area (Å²) in [5.74, 6) is 0.0431. The van der Waals surface area contributed by atoms with Crippen LogP contribution in [0.1, 0.15) is 27.0 Å². The predicted octanol–water partition coefficient (Wildman–Crippen LogP) is 3.01. The second kappa shape index (κ2) is 7.15. The Balaban J connectivity index is 1.81. The molecule has 140 valence electrons. The Labute approximate surface area is 160 Å². The van der Waals surface area contributed by atoms with E-state index in [1.54, 1.807) is 54.7 Å². The third-order valence-electron chi connectivity index (χ3n) is 4.69. The minimum Gasteiger partial charge on any atom is -0.508 e. The maximum atomic E-state index is 13.1. The molecule has 0 spiro atoms. The van der Waals surface area contributed by atoms with Gasteiger partial charge in [-0.3, -0.25) is 9.89 Å². The molecule has 0 radical (unpaired) electrons. The fraction of sp³-hybridized carbons (Fsp3) is 0.263. The number of hydrogen-bond donors (Lipinski definition) is 2. The monoisotopic (exact) mass is 385 g/mol. The lowest BCUT2D eigenvalue weighted by molar-refractivity contribution is -0.113. The average molecular weight is 385 g/mol. The third-order valence-corrected chi connectivity index (χ3v) is 5.61. The Bertz CT molecular complexity index is 933. The van der Waals surface area contributed by atoms with Gasteiger partial charge < -0.3 is 19.5 Å². The molecule has 1 aliphatic rings. The topological polar surface area (TPSA) is 87.7 Å². The van der Waals surface area contributed by atoms with Crippen LogP contribution in [-0.4, -0.2) is 53.2 Å². The molecule has 0 saturated carbocycles. The maximum absolute atomic E-state index is 13.1. The Morgan fingerprint density at radius 2 is 2.00 bits per heavy atom. The van der Waals surface area contributed by atoms with E-state index in [0.29, 0.717) is 17.9 Å². The molecule has 1 amide bonds. The molecule has 0 saturated heterocycles. The lowest BCUT2D eigenvalue weighted by Crippen LogP contribution is -2.37. The summed E-state index contributed by atoms with van der Waals surface area (Å²) in [5, 5.41) is 18.8. The number of H-pyrrole nitrogens is 1. The molecule has 2 N–H and O–H groups in total. The van der Waals surface area contributed by atoms with Crippen LogP contribution in [0.3, 0.4) is 0 Å². The summed E-state index contributed by atoms with van der Waals surface area (Å²) in [6.45, 7) is 0.298. The van der Waals surface area contributed by atoms with Crippen molar-refractivity contribution >= 4 is 17.2 Å². The first-order valence-corrected chi connectivity index (χ1v) is 9.29. The van der Waals surface area contributed by atoms with Gasteiger partial charge in [0.25, 0.3) is 5.91 Å². The van der Waals surface area contributed by atoms with Gasteiger partial charge in [0.2, 0.25) is 0 Å². The molecule has 1 atom stereocenters. The number of fused-ring (bicyclic) bond motifs is 1. The number of benzene rings is 1. The molecule has 4 rings (SSSR count). The van der Waals surface area contributed by atoms with Crippen LogP contribution >= 0.6 is 11.3 Å². The SMILES string of the molecule is COC(CN1C(=O)c2[nH]nc(-c3ccc(O)cc3)c2C1c1cccs1)OC. The van der Waals surface area contributed by atoms with Crippen molar-refractivity contribution in [1.82, 2.24) is 15.1 Å². The molecule has 3 heterocycles. The van der Waals surface area contributed by atoms with E-state index in [9.17, 15) is 9.90 Å². The molecule has 0 fully saturated rings. The van der Waals surface area contributed by atoms with Crippen LogP contribution < -0.4 is 0 Å². The van der Waals surface area contributed by atoms with Crippen molar-refractivity contribution in [2.75, 3.05) is 20.8 Å². The fourth-order valence-corrected chi connectivity index (χ4v) is 4.22. The van der Waals surface area contributed by atoms with Crippen LogP contribution in [0.15, 0.2) is 41.8 Å². The summed E-state index contributed by atoms with van der Waals surface area (Å²) in [4.78, 5) is 15.9. The van der Waals surface area contributed by atoms with E-state index in [1.165, 1.54) is 0 Å². The van der Waals surface area contributed by atoms with Crippen molar-refractivity contribution in [2.45, 2.75) is 12.3 Å². The second-order valence-electron chi connectivity index (χ2n) is 6.18. The number of carbonyl (C=O) groups excluding carboxylic acids is 1. The summed E-state index contributed by atoms with van der Waals surface area (Å²) in [7, 11) is 3.11. The van der Waals surface area contributed by atoms with Crippen LogP contribution in [0, 0.1) is 0 Å². The van der Waals surface area contributed by atoms with Crippen molar-refractivity contribution in [3.05, 3.63) is 57.9 Å². The van der Waals surface area contributed by atoms with E-state index in [2.05, 4.69) is 10.2 Å². The standard InChI is InChI=1S/C19H19N3O4S/c1-25-14(26-2)10-22-18(13-4-3-9-27-13)15-16(20-21-17(15)19(22)24)11-5-7-12(23)8-6-11/h3-9,14,18,23H,10H2,1-2H3,(H,20,21). The second-order valence-corrected chi connectivity index (χ2v) is 7.16. The number of aromatic nitrogens is 2. The van der Waals surface area contributed by atoms with Crippen molar-refractivity contribution in [3.8, 4) is 17.0 Å². The van der Waals surface area contributed by atoms with Crippen LogP contribution in [0.25, 0.3) is 11.3 Å². The molecule has 0 bridgehead atoms. The van der Waals surface area contributed by atoms with Gasteiger partial charge in [0, 0.05) is 30.2 Å². The number of methoxy groups -OCH3 is 2. The first kappa shape index (κ1) is 17.7. The minimum absolute atomic E-state index is 0.139. The molecule has 0 aliphatic carbocycles. The molecular weight excluding hydrogens is 366 g/mol. The molecular formula is C19H19N3O4S. The quantitative estimate of drug-likeness (QED) is 0.637. The van der Waals surface area contributed by atoms with Gasteiger partial charge in [-0.15, -0.1) is 11.3 Å². The van der Waals surface area contributed by atoms with Crippen LogP contribution in [0.5, 0.6) is 5.75 Å². The average Bonchev–Trinajstić information content (AvgIpc) is 3.39. The Morgan fingerprint density at radius 3 is 2.63 bits per heavy atom. The minimum atomic E-state index is -0.523. The molecule has 8 heteroatoms. The van der Waals surface area contributed by atoms with E-state index >= 15 is 0 Å². The van der Waals surface area contributed by atoms with Crippen LogP contribution in [-0.2, 0) is 9.47 Å². The van der Waals surface area contributed by atoms with E-state index in [1.807, 2.05) is 17.5 Å². The Morgan fingerprint density at radius 1 is 1.26 bits per heavy atom. The number of hydrogen-bond acceptors (Lipinski definition) is 6. The van der Waals surface area contributed by atoms with Gasteiger partial charge in [-0.05, 0) is 35.7 Å². The summed E-state index contributed by atoms with van der Waals surface area (Å²) in [6.07, 6.45) is -0.523. The lowest BCUT2D eigenvalue weighted by atomic mass is 10.0. The molecule has 2 aromatic heterocycles. The fourth-order valence-electron chi connectivity index (χ4n) is 3.37. The predicted molar refractivity (Wildman–Crippen MR) is 101 cm³/mol. The van der Waals surface area contributed by atoms with Gasteiger partial charge in [-0.1, -0.05) is 6.07 Å². The number of phenols is 1. The number of ether oxygens (including phenoxy) is 2. The molecule has 7 nitrogen and oxygen atoms in total. The first-order valence-electron chi connectivity index (χ1n) is 8.41. The van der Waals surface area contributed by atoms with E-state index in [-0.39, 0.29) is 17.7 Å². The van der Waals surface area contributed by atoms with Crippen molar-refractivity contribution in [1.29, 1.82) is 0 Å². The molecule has 3 aromatic rings. The van der Waals surface area contributed by atoms with Gasteiger partial charge in [-0.2, -0.15) is 5.10 Å². The molecule has 1 aliphatic heterocycles. The van der Waals surface area contributed by atoms with Crippen LogP contribution in [0.2, 0.25) is 0 Å². The molecule has 27 heavy (non-hydrogen) atoms. The zero-order valence-electron chi connectivity index (χ0n) is 14.9. The Hall–Kier alpha value is -2.68. The number of thiophene rings is 1. The number of aromatic amines is 1. The number of carbonyl (C=O) groups is 1. The highest BCUT2D eigenvalue weighted by Crippen LogP contribution is 2.44. The lowest BCUT2D eigenvalue weighted by Gasteiger charge is -2.28. The number of nitrogens with one attached hydrogen (secondary N) is 1. The van der Waals surface area contributed by atoms with Gasteiger partial charge in [0.05, 0.1) is 18.3 Å². The summed E-state index contributed by atoms with van der Waals surface area (Å²) in [6, 6.07) is 10.5. The van der Waals surface area contributed by atoms with Crippen LogP contribution in [0.4, 0.5) is 0 Å². The number of phenolic OH excluding ortho intramolecular Hbond substituents is 1. The maximum Gasteiger partial charge on any atom is 0.273 e.